The maximum absolute atomic E-state index is 12.8. The van der Waals surface area contributed by atoms with Gasteiger partial charge in [0, 0.05) is 36.7 Å². The van der Waals surface area contributed by atoms with Gasteiger partial charge in [-0.25, -0.2) is 13.1 Å². The number of sulfonamides is 1. The summed E-state index contributed by atoms with van der Waals surface area (Å²) in [5.41, 5.74) is 1.25. The van der Waals surface area contributed by atoms with E-state index in [-0.39, 0.29) is 29.7 Å². The molecule has 0 saturated carbocycles. The van der Waals surface area contributed by atoms with E-state index in [2.05, 4.69) is 10.0 Å². The van der Waals surface area contributed by atoms with E-state index in [1.165, 1.54) is 23.9 Å². The van der Waals surface area contributed by atoms with Crippen LogP contribution in [0.3, 0.4) is 0 Å². The molecule has 4 rings (SSSR count). The Bertz CT molecular complexity index is 1130. The first-order chi connectivity index (χ1) is 15.9. The number of carbonyl (C=O) groups is 2. The predicted octanol–water partition coefficient (Wildman–Crippen LogP) is 2.85. The lowest BCUT2D eigenvalue weighted by Gasteiger charge is -2.18. The highest BCUT2D eigenvalue weighted by Gasteiger charge is 2.30. The van der Waals surface area contributed by atoms with Crippen molar-refractivity contribution in [3.05, 3.63) is 48.0 Å². The van der Waals surface area contributed by atoms with E-state index in [0.29, 0.717) is 17.2 Å². The van der Waals surface area contributed by atoms with Crippen molar-refractivity contribution >= 4 is 39.3 Å². The second-order valence-corrected chi connectivity index (χ2v) is 10.9. The molecule has 1 fully saturated rings. The van der Waals surface area contributed by atoms with Gasteiger partial charge in [-0.3, -0.25) is 9.59 Å². The van der Waals surface area contributed by atoms with Crippen LogP contribution in [0.1, 0.15) is 24.8 Å². The number of ether oxygens (including phenoxy) is 1. The number of fused-ring (bicyclic) bond motifs is 1. The second-order valence-electron chi connectivity index (χ2n) is 8.12. The van der Waals surface area contributed by atoms with Gasteiger partial charge in [-0.2, -0.15) is 0 Å². The number of benzene rings is 2. The summed E-state index contributed by atoms with van der Waals surface area (Å²) < 4.78 is 33.4. The Hall–Kier alpha value is -2.56. The highest BCUT2D eigenvalue weighted by Crippen LogP contribution is 2.35. The minimum Gasteiger partial charge on any atom is -0.497 e. The average Bonchev–Trinajstić information content (AvgIpc) is 3.31. The standard InChI is InChI=1S/C23H27N3O5S2/c1-31-18-6-4-16(5-7-18)14-24-33(29,30)19-8-9-21-20(13-19)25-23(28)17(15-32-21)12-22(27)26-10-2-3-11-26/h4-9,13,17,24H,2-3,10-12,14-15H2,1H3,(H,25,28)/t17-/m1/s1. The zero-order chi connectivity index (χ0) is 23.4. The smallest absolute Gasteiger partial charge is 0.240 e. The summed E-state index contributed by atoms with van der Waals surface area (Å²) in [4.78, 5) is 27.9. The monoisotopic (exact) mass is 489 g/mol. The Morgan fingerprint density at radius 1 is 1.18 bits per heavy atom. The lowest BCUT2D eigenvalue weighted by atomic mass is 10.1. The van der Waals surface area contributed by atoms with Gasteiger partial charge in [0.2, 0.25) is 21.8 Å². The molecule has 0 spiro atoms. The molecule has 2 aliphatic heterocycles. The number of hydrogen-bond donors (Lipinski definition) is 2. The fourth-order valence-corrected chi connectivity index (χ4v) is 5.99. The SMILES string of the molecule is COc1ccc(CNS(=O)(=O)c2ccc3c(c2)NC(=O)[C@H](CC(=O)N2CCCC2)CS3)cc1. The van der Waals surface area contributed by atoms with Crippen LogP contribution >= 0.6 is 11.8 Å². The molecular weight excluding hydrogens is 462 g/mol. The lowest BCUT2D eigenvalue weighted by Crippen LogP contribution is -2.33. The van der Waals surface area contributed by atoms with Crippen LogP contribution in [0.5, 0.6) is 5.75 Å². The number of carbonyl (C=O) groups excluding carboxylic acids is 2. The second kappa shape index (κ2) is 10.1. The summed E-state index contributed by atoms with van der Waals surface area (Å²) >= 11 is 1.46. The molecule has 33 heavy (non-hydrogen) atoms. The molecule has 2 amide bonds. The minimum atomic E-state index is -3.78. The number of amides is 2. The lowest BCUT2D eigenvalue weighted by molar-refractivity contribution is -0.133. The zero-order valence-electron chi connectivity index (χ0n) is 18.4. The number of nitrogens with zero attached hydrogens (tertiary/aromatic N) is 1. The van der Waals surface area contributed by atoms with Crippen LogP contribution in [-0.4, -0.2) is 51.1 Å². The number of thioether (sulfide) groups is 1. The van der Waals surface area contributed by atoms with Crippen LogP contribution < -0.4 is 14.8 Å². The van der Waals surface area contributed by atoms with Gasteiger partial charge in [0.25, 0.3) is 0 Å². The van der Waals surface area contributed by atoms with Crippen LogP contribution in [0.2, 0.25) is 0 Å². The molecule has 0 bridgehead atoms. The maximum atomic E-state index is 12.8. The van der Waals surface area contributed by atoms with E-state index in [1.54, 1.807) is 37.4 Å². The van der Waals surface area contributed by atoms with Gasteiger partial charge in [0.15, 0.2) is 0 Å². The van der Waals surface area contributed by atoms with E-state index in [1.807, 2.05) is 4.90 Å². The van der Waals surface area contributed by atoms with Gasteiger partial charge in [0.05, 0.1) is 23.6 Å². The summed E-state index contributed by atoms with van der Waals surface area (Å²) in [5, 5.41) is 2.83. The highest BCUT2D eigenvalue weighted by atomic mass is 32.2. The third-order valence-electron chi connectivity index (χ3n) is 5.84. The molecule has 2 aromatic carbocycles. The van der Waals surface area contributed by atoms with Gasteiger partial charge in [-0.15, -0.1) is 11.8 Å². The molecule has 10 heteroatoms. The molecule has 0 aromatic heterocycles. The van der Waals surface area contributed by atoms with Crippen molar-refractivity contribution in [1.82, 2.24) is 9.62 Å². The number of anilines is 1. The van der Waals surface area contributed by atoms with Crippen LogP contribution in [-0.2, 0) is 26.2 Å². The molecule has 1 atom stereocenters. The molecule has 8 nitrogen and oxygen atoms in total. The summed E-state index contributed by atoms with van der Waals surface area (Å²) in [6.45, 7) is 1.64. The summed E-state index contributed by atoms with van der Waals surface area (Å²) in [5.74, 6) is 0.463. The molecule has 1 saturated heterocycles. The van der Waals surface area contributed by atoms with Crippen LogP contribution in [0, 0.1) is 5.92 Å². The molecular formula is C23H27N3O5S2. The van der Waals surface area contributed by atoms with E-state index in [9.17, 15) is 18.0 Å². The van der Waals surface area contributed by atoms with Crippen molar-refractivity contribution in [2.24, 2.45) is 5.92 Å². The molecule has 0 radical (unpaired) electrons. The van der Waals surface area contributed by atoms with Crippen LogP contribution in [0.15, 0.2) is 52.3 Å². The van der Waals surface area contributed by atoms with Crippen molar-refractivity contribution < 1.29 is 22.7 Å². The molecule has 2 aromatic rings. The number of nitrogens with one attached hydrogen (secondary N) is 2. The number of hydrogen-bond acceptors (Lipinski definition) is 6. The molecule has 2 aliphatic rings. The van der Waals surface area contributed by atoms with E-state index in [4.69, 9.17) is 4.74 Å². The van der Waals surface area contributed by atoms with Crippen molar-refractivity contribution in [2.45, 2.75) is 35.6 Å². The van der Waals surface area contributed by atoms with Gasteiger partial charge in [0.1, 0.15) is 5.75 Å². The quantitative estimate of drug-likeness (QED) is 0.620. The Morgan fingerprint density at radius 3 is 2.61 bits per heavy atom. The van der Waals surface area contributed by atoms with Crippen molar-refractivity contribution in [2.75, 3.05) is 31.3 Å². The Morgan fingerprint density at radius 2 is 1.91 bits per heavy atom. The van der Waals surface area contributed by atoms with Gasteiger partial charge < -0.3 is 15.0 Å². The molecule has 176 valence electrons. The van der Waals surface area contributed by atoms with Gasteiger partial charge >= 0.3 is 0 Å². The van der Waals surface area contributed by atoms with E-state index in [0.717, 1.165) is 36.4 Å². The minimum absolute atomic E-state index is 0.00482. The number of methoxy groups -OCH3 is 1. The van der Waals surface area contributed by atoms with E-state index >= 15 is 0 Å². The van der Waals surface area contributed by atoms with Crippen LogP contribution in [0.25, 0.3) is 0 Å². The first-order valence-corrected chi connectivity index (χ1v) is 13.3. The maximum Gasteiger partial charge on any atom is 0.240 e. The van der Waals surface area contributed by atoms with Crippen molar-refractivity contribution in [3.63, 3.8) is 0 Å². The Balaban J connectivity index is 1.42. The molecule has 2 heterocycles. The molecule has 0 aliphatic carbocycles. The van der Waals surface area contributed by atoms with E-state index < -0.39 is 15.9 Å². The van der Waals surface area contributed by atoms with Gasteiger partial charge in [-0.1, -0.05) is 12.1 Å². The highest BCUT2D eigenvalue weighted by molar-refractivity contribution is 7.99. The largest absolute Gasteiger partial charge is 0.497 e. The van der Waals surface area contributed by atoms with Crippen molar-refractivity contribution in [3.8, 4) is 5.75 Å². The first-order valence-electron chi connectivity index (χ1n) is 10.8. The topological polar surface area (TPSA) is 105 Å². The summed E-state index contributed by atoms with van der Waals surface area (Å²) in [6, 6.07) is 11.8. The fourth-order valence-electron chi connectivity index (χ4n) is 3.86. The first kappa shape index (κ1) is 23.6. The fraction of sp³-hybridized carbons (Fsp3) is 0.391. The third kappa shape index (κ3) is 5.69. The molecule has 0 unspecified atom stereocenters. The molecule has 2 N–H and O–H groups in total. The normalized spacial score (nSPS) is 18.4. The van der Waals surface area contributed by atoms with Gasteiger partial charge in [-0.05, 0) is 48.7 Å². The number of rotatable bonds is 7. The summed E-state index contributed by atoms with van der Waals surface area (Å²) in [6.07, 6.45) is 2.18. The number of likely N-dealkylation sites (tertiary alicyclic amines) is 1. The average molecular weight is 490 g/mol. The predicted molar refractivity (Wildman–Crippen MR) is 127 cm³/mol. The zero-order valence-corrected chi connectivity index (χ0v) is 20.0. The Labute approximate surface area is 198 Å². The third-order valence-corrected chi connectivity index (χ3v) is 8.47. The Kier molecular flexibility index (Phi) is 7.26. The summed E-state index contributed by atoms with van der Waals surface area (Å²) in [7, 11) is -2.21. The van der Waals surface area contributed by atoms with Crippen LogP contribution in [0.4, 0.5) is 5.69 Å². The van der Waals surface area contributed by atoms with Crippen molar-refractivity contribution in [1.29, 1.82) is 0 Å².